The van der Waals surface area contributed by atoms with E-state index in [2.05, 4.69) is 28.4 Å². The van der Waals surface area contributed by atoms with Gasteiger partial charge in [0.25, 0.3) is 0 Å². The lowest BCUT2D eigenvalue weighted by Gasteiger charge is -2.11. The molecule has 6 heteroatoms. The maximum Gasteiger partial charge on any atom is 0.225 e. The van der Waals surface area contributed by atoms with Gasteiger partial charge in [-0.15, -0.1) is 0 Å². The lowest BCUT2D eigenvalue weighted by Crippen LogP contribution is -2.28. The molecule has 4 rings (SSSR count). The molecule has 118 valence electrons. The van der Waals surface area contributed by atoms with Gasteiger partial charge in [-0.25, -0.2) is 0 Å². The Hall–Kier alpha value is -2.99. The van der Waals surface area contributed by atoms with Crippen LogP contribution in [0.25, 0.3) is 27.8 Å². The third-order valence-corrected chi connectivity index (χ3v) is 4.34. The summed E-state index contributed by atoms with van der Waals surface area (Å²) in [6.07, 6.45) is 3.22. The first-order valence-corrected chi connectivity index (χ1v) is 7.93. The standard InChI is InChI=1S/C18H14N4OS/c1-12-11-21(23)10-9-14(12)17-19-20-18(24)22(17)16-8-4-6-13-5-2-3-7-15(13)16/h2-11,23H,1H3/p+1. The number of aromatic nitrogens is 4. The van der Waals surface area contributed by atoms with Gasteiger partial charge in [-0.05, 0) is 30.6 Å². The smallest absolute Gasteiger partial charge is 0.225 e. The van der Waals surface area contributed by atoms with Crippen molar-refractivity contribution in [1.29, 1.82) is 0 Å². The van der Waals surface area contributed by atoms with Crippen molar-refractivity contribution in [2.75, 3.05) is 0 Å². The minimum absolute atomic E-state index is 0.529. The molecule has 0 amide bonds. The first kappa shape index (κ1) is 14.6. The minimum atomic E-state index is 0.529. The van der Waals surface area contributed by atoms with Gasteiger partial charge in [0.15, 0.2) is 10.6 Å². The number of aromatic amines is 1. The van der Waals surface area contributed by atoms with Crippen molar-refractivity contribution in [3.05, 3.63) is 71.3 Å². The molecule has 4 aromatic rings. The Labute approximate surface area is 143 Å². The van der Waals surface area contributed by atoms with Gasteiger partial charge in [-0.2, -0.15) is 5.10 Å². The molecule has 0 spiro atoms. The summed E-state index contributed by atoms with van der Waals surface area (Å²) >= 11 is 5.48. The van der Waals surface area contributed by atoms with Crippen LogP contribution >= 0.6 is 12.2 Å². The second-order valence-electron chi connectivity index (χ2n) is 5.61. The topological polar surface area (TPSA) is 57.7 Å². The molecular weight excluding hydrogens is 320 g/mol. The van der Waals surface area contributed by atoms with E-state index in [-0.39, 0.29) is 0 Å². The average molecular weight is 335 g/mol. The van der Waals surface area contributed by atoms with Crippen LogP contribution in [0.2, 0.25) is 0 Å². The number of H-pyrrole nitrogens is 1. The fraction of sp³-hybridized carbons (Fsp3) is 0.0556. The van der Waals surface area contributed by atoms with E-state index in [4.69, 9.17) is 12.2 Å². The number of benzene rings is 2. The Balaban J connectivity index is 2.03. The molecule has 0 fully saturated rings. The molecular formula is C18H15N4OS+. The van der Waals surface area contributed by atoms with Crippen molar-refractivity contribution in [2.45, 2.75) is 6.92 Å². The Bertz CT molecular complexity index is 1110. The van der Waals surface area contributed by atoms with Crippen molar-refractivity contribution in [1.82, 2.24) is 14.8 Å². The molecule has 24 heavy (non-hydrogen) atoms. The van der Waals surface area contributed by atoms with Gasteiger partial charge in [0, 0.05) is 27.3 Å². The number of aryl methyl sites for hydroxylation is 1. The Morgan fingerprint density at radius 3 is 2.75 bits per heavy atom. The third kappa shape index (κ3) is 2.28. The summed E-state index contributed by atoms with van der Waals surface area (Å²) in [6.45, 7) is 1.92. The zero-order valence-corrected chi connectivity index (χ0v) is 13.8. The number of fused-ring (bicyclic) bond motifs is 1. The van der Waals surface area contributed by atoms with E-state index in [1.165, 1.54) is 0 Å². The molecule has 0 aliphatic carbocycles. The number of rotatable bonds is 2. The van der Waals surface area contributed by atoms with E-state index >= 15 is 0 Å². The van der Waals surface area contributed by atoms with Crippen molar-refractivity contribution in [3.63, 3.8) is 0 Å². The van der Waals surface area contributed by atoms with Crippen LogP contribution in [0.3, 0.4) is 0 Å². The number of nitrogens with one attached hydrogen (secondary N) is 1. The highest BCUT2D eigenvalue weighted by molar-refractivity contribution is 7.71. The first-order chi connectivity index (χ1) is 11.6. The molecule has 0 aliphatic heterocycles. The summed E-state index contributed by atoms with van der Waals surface area (Å²) in [7, 11) is 0. The lowest BCUT2D eigenvalue weighted by atomic mass is 10.1. The average Bonchev–Trinajstić information content (AvgIpc) is 2.95. The molecule has 2 N–H and O–H groups in total. The van der Waals surface area contributed by atoms with Gasteiger partial charge < -0.3 is 0 Å². The summed E-state index contributed by atoms with van der Waals surface area (Å²) in [5.74, 6) is 0.717. The molecule has 0 bridgehead atoms. The summed E-state index contributed by atoms with van der Waals surface area (Å²) < 4.78 is 3.49. The van der Waals surface area contributed by atoms with Crippen LogP contribution in [0.1, 0.15) is 5.56 Å². The summed E-state index contributed by atoms with van der Waals surface area (Å²) in [4.78, 5) is 0. The van der Waals surface area contributed by atoms with E-state index < -0.39 is 0 Å². The Kier molecular flexibility index (Phi) is 3.39. The third-order valence-electron chi connectivity index (χ3n) is 4.07. The molecule has 2 heterocycles. The van der Waals surface area contributed by atoms with Gasteiger partial charge in [-0.3, -0.25) is 14.9 Å². The Morgan fingerprint density at radius 1 is 1.12 bits per heavy atom. The van der Waals surface area contributed by atoms with Crippen LogP contribution in [0.15, 0.2) is 60.9 Å². The van der Waals surface area contributed by atoms with E-state index in [1.807, 2.05) is 41.8 Å². The first-order valence-electron chi connectivity index (χ1n) is 7.52. The van der Waals surface area contributed by atoms with Crippen LogP contribution in [0.5, 0.6) is 0 Å². The number of hydrogen-bond acceptors (Lipinski definition) is 3. The summed E-state index contributed by atoms with van der Waals surface area (Å²) in [6, 6.07) is 16.1. The molecule has 5 nitrogen and oxygen atoms in total. The summed E-state index contributed by atoms with van der Waals surface area (Å²) in [5.41, 5.74) is 2.78. The van der Waals surface area contributed by atoms with Crippen molar-refractivity contribution < 1.29 is 9.94 Å². The normalized spacial score (nSPS) is 11.0. The van der Waals surface area contributed by atoms with Gasteiger partial charge in [0.2, 0.25) is 12.4 Å². The maximum absolute atomic E-state index is 9.58. The maximum atomic E-state index is 9.58. The predicted molar refractivity (Wildman–Crippen MR) is 93.8 cm³/mol. The van der Waals surface area contributed by atoms with Crippen molar-refractivity contribution in [3.8, 4) is 17.1 Å². The van der Waals surface area contributed by atoms with Gasteiger partial charge in [0.05, 0.1) is 5.69 Å². The zero-order chi connectivity index (χ0) is 16.7. The van der Waals surface area contributed by atoms with Crippen molar-refractivity contribution >= 4 is 23.0 Å². The molecule has 0 atom stereocenters. The zero-order valence-electron chi connectivity index (χ0n) is 13.0. The molecule has 2 aromatic carbocycles. The minimum Gasteiger partial charge on any atom is -0.285 e. The highest BCUT2D eigenvalue weighted by atomic mass is 32.1. The molecule has 0 unspecified atom stereocenters. The monoisotopic (exact) mass is 335 g/mol. The van der Waals surface area contributed by atoms with Crippen LogP contribution in [-0.4, -0.2) is 20.0 Å². The number of nitrogens with zero attached hydrogens (tertiary/aromatic N) is 3. The van der Waals surface area contributed by atoms with E-state index in [0.29, 0.717) is 4.77 Å². The highest BCUT2D eigenvalue weighted by Crippen LogP contribution is 2.28. The van der Waals surface area contributed by atoms with Crippen LogP contribution in [-0.2, 0) is 0 Å². The molecule has 0 radical (unpaired) electrons. The van der Waals surface area contributed by atoms with Gasteiger partial charge in [-0.1, -0.05) is 36.4 Å². The SMILES string of the molecule is Cc1c[n+](O)ccc1-c1n[nH]c(=S)n1-c1cccc2ccccc12. The van der Waals surface area contributed by atoms with Crippen LogP contribution < -0.4 is 4.73 Å². The lowest BCUT2D eigenvalue weighted by molar-refractivity contribution is -0.905. The fourth-order valence-corrected chi connectivity index (χ4v) is 3.18. The fourth-order valence-electron chi connectivity index (χ4n) is 2.95. The highest BCUT2D eigenvalue weighted by Gasteiger charge is 2.16. The number of hydrogen-bond donors (Lipinski definition) is 2. The molecule has 0 saturated heterocycles. The Morgan fingerprint density at radius 2 is 1.92 bits per heavy atom. The van der Waals surface area contributed by atoms with Gasteiger partial charge >= 0.3 is 0 Å². The van der Waals surface area contributed by atoms with Gasteiger partial charge in [0.1, 0.15) is 0 Å². The second-order valence-corrected chi connectivity index (χ2v) is 5.99. The van der Waals surface area contributed by atoms with Crippen molar-refractivity contribution in [2.24, 2.45) is 0 Å². The van der Waals surface area contributed by atoms with Crippen LogP contribution in [0.4, 0.5) is 0 Å². The van der Waals surface area contributed by atoms with E-state index in [9.17, 15) is 5.21 Å². The quantitative estimate of drug-likeness (QED) is 0.334. The molecule has 2 aromatic heterocycles. The molecule has 0 saturated carbocycles. The second kappa shape index (κ2) is 5.58. The van der Waals surface area contributed by atoms with Crippen LogP contribution in [0, 0.1) is 11.7 Å². The molecule has 0 aliphatic rings. The predicted octanol–water partition coefficient (Wildman–Crippen LogP) is 3.58. The number of pyridine rings is 1. The largest absolute Gasteiger partial charge is 0.285 e. The van der Waals surface area contributed by atoms with E-state index in [1.54, 1.807) is 12.4 Å². The van der Waals surface area contributed by atoms with E-state index in [0.717, 1.165) is 38.1 Å². The summed E-state index contributed by atoms with van der Waals surface area (Å²) in [5, 5.41) is 19.1.